The highest BCUT2D eigenvalue weighted by Crippen LogP contribution is 2.26. The number of hydrogen-bond acceptors (Lipinski definition) is 2. The van der Waals surface area contributed by atoms with E-state index in [0.29, 0.717) is 0 Å². The lowest BCUT2D eigenvalue weighted by molar-refractivity contribution is 0.0920. The largest absolute Gasteiger partial charge is 0.314 e. The molecule has 0 aromatic heterocycles. The van der Waals surface area contributed by atoms with Gasteiger partial charge in [0.2, 0.25) is 0 Å². The lowest BCUT2D eigenvalue weighted by Crippen LogP contribution is -2.54. The van der Waals surface area contributed by atoms with Crippen molar-refractivity contribution in [1.82, 2.24) is 10.2 Å². The van der Waals surface area contributed by atoms with E-state index in [1.807, 2.05) is 0 Å². The Kier molecular flexibility index (Phi) is 2.37. The van der Waals surface area contributed by atoms with Crippen LogP contribution in [0.25, 0.3) is 0 Å². The third-order valence-electron chi connectivity index (χ3n) is 3.60. The SMILES string of the molecule is CC1CC2NCCCC2CN1C. The third-order valence-corrected chi connectivity index (χ3v) is 3.60. The first-order valence-corrected chi connectivity index (χ1v) is 5.21. The van der Waals surface area contributed by atoms with E-state index < -0.39 is 0 Å². The number of fused-ring (bicyclic) bond motifs is 1. The monoisotopic (exact) mass is 168 g/mol. The van der Waals surface area contributed by atoms with Crippen molar-refractivity contribution in [1.29, 1.82) is 0 Å². The van der Waals surface area contributed by atoms with E-state index in [-0.39, 0.29) is 0 Å². The van der Waals surface area contributed by atoms with Gasteiger partial charge in [-0.1, -0.05) is 0 Å². The van der Waals surface area contributed by atoms with E-state index in [1.54, 1.807) is 0 Å². The first-order valence-electron chi connectivity index (χ1n) is 5.21. The Morgan fingerprint density at radius 1 is 1.42 bits per heavy atom. The van der Waals surface area contributed by atoms with E-state index in [1.165, 1.54) is 32.4 Å². The van der Waals surface area contributed by atoms with Gasteiger partial charge in [-0.2, -0.15) is 0 Å². The summed E-state index contributed by atoms with van der Waals surface area (Å²) in [4.78, 5) is 2.51. The van der Waals surface area contributed by atoms with Gasteiger partial charge in [0, 0.05) is 18.6 Å². The second-order valence-electron chi connectivity index (χ2n) is 4.49. The van der Waals surface area contributed by atoms with Crippen molar-refractivity contribution in [2.75, 3.05) is 20.1 Å². The van der Waals surface area contributed by atoms with Gasteiger partial charge in [-0.3, -0.25) is 0 Å². The molecule has 3 atom stereocenters. The molecule has 0 spiro atoms. The Bertz CT molecular complexity index is 140. The summed E-state index contributed by atoms with van der Waals surface area (Å²) in [6.07, 6.45) is 4.17. The Balaban J connectivity index is 1.98. The number of likely N-dealkylation sites (tertiary alicyclic amines) is 1. The fourth-order valence-electron chi connectivity index (χ4n) is 2.61. The molecule has 2 nitrogen and oxygen atoms in total. The second-order valence-corrected chi connectivity index (χ2v) is 4.49. The first-order chi connectivity index (χ1) is 5.77. The van der Waals surface area contributed by atoms with E-state index in [0.717, 1.165) is 18.0 Å². The maximum absolute atomic E-state index is 3.65. The zero-order chi connectivity index (χ0) is 8.55. The summed E-state index contributed by atoms with van der Waals surface area (Å²) < 4.78 is 0. The smallest absolute Gasteiger partial charge is 0.0122 e. The van der Waals surface area contributed by atoms with Crippen LogP contribution in [0.15, 0.2) is 0 Å². The van der Waals surface area contributed by atoms with Crippen molar-refractivity contribution < 1.29 is 0 Å². The van der Waals surface area contributed by atoms with Gasteiger partial charge in [-0.15, -0.1) is 0 Å². The molecule has 70 valence electrons. The van der Waals surface area contributed by atoms with Crippen LogP contribution in [0.4, 0.5) is 0 Å². The minimum Gasteiger partial charge on any atom is -0.314 e. The topological polar surface area (TPSA) is 15.3 Å². The van der Waals surface area contributed by atoms with Crippen molar-refractivity contribution in [2.45, 2.75) is 38.3 Å². The molecule has 2 heteroatoms. The van der Waals surface area contributed by atoms with Gasteiger partial charge in [0.15, 0.2) is 0 Å². The van der Waals surface area contributed by atoms with Crippen molar-refractivity contribution in [3.05, 3.63) is 0 Å². The van der Waals surface area contributed by atoms with Gasteiger partial charge in [0.05, 0.1) is 0 Å². The summed E-state index contributed by atoms with van der Waals surface area (Å²) in [6, 6.07) is 1.60. The predicted octanol–water partition coefficient (Wildman–Crippen LogP) is 1.08. The molecule has 2 fully saturated rings. The van der Waals surface area contributed by atoms with E-state index in [2.05, 4.69) is 24.2 Å². The zero-order valence-corrected chi connectivity index (χ0v) is 8.21. The van der Waals surface area contributed by atoms with Gasteiger partial charge in [0.25, 0.3) is 0 Å². The van der Waals surface area contributed by atoms with Crippen LogP contribution in [0, 0.1) is 5.92 Å². The quantitative estimate of drug-likeness (QED) is 0.582. The van der Waals surface area contributed by atoms with Crippen LogP contribution >= 0.6 is 0 Å². The molecule has 0 bridgehead atoms. The molecule has 2 saturated heterocycles. The molecule has 2 rings (SSSR count). The van der Waals surface area contributed by atoms with Crippen LogP contribution in [0.3, 0.4) is 0 Å². The summed E-state index contributed by atoms with van der Waals surface area (Å²) >= 11 is 0. The number of nitrogens with zero attached hydrogens (tertiary/aromatic N) is 1. The van der Waals surface area contributed by atoms with Gasteiger partial charge in [-0.05, 0) is 45.7 Å². The Morgan fingerprint density at radius 3 is 3.08 bits per heavy atom. The fraction of sp³-hybridized carbons (Fsp3) is 1.00. The molecular formula is C10H20N2. The molecule has 0 aliphatic carbocycles. The highest BCUT2D eigenvalue weighted by Gasteiger charge is 2.32. The minimum absolute atomic E-state index is 0.775. The molecule has 12 heavy (non-hydrogen) atoms. The molecule has 0 aromatic carbocycles. The fourth-order valence-corrected chi connectivity index (χ4v) is 2.61. The standard InChI is InChI=1S/C10H20N2/c1-8-6-10-9(7-12(8)2)4-3-5-11-10/h8-11H,3-7H2,1-2H3. The number of piperidine rings is 2. The molecule has 2 aliphatic heterocycles. The summed E-state index contributed by atoms with van der Waals surface area (Å²) in [5.74, 6) is 0.931. The van der Waals surface area contributed by atoms with E-state index >= 15 is 0 Å². The first kappa shape index (κ1) is 8.52. The van der Waals surface area contributed by atoms with Crippen LogP contribution < -0.4 is 5.32 Å². The van der Waals surface area contributed by atoms with Crippen LogP contribution in [0.2, 0.25) is 0 Å². The lowest BCUT2D eigenvalue weighted by atomic mass is 9.83. The predicted molar refractivity (Wildman–Crippen MR) is 51.2 cm³/mol. The summed E-state index contributed by atoms with van der Waals surface area (Å²) in [5.41, 5.74) is 0. The number of rotatable bonds is 0. The Labute approximate surface area is 75.3 Å². The number of nitrogens with one attached hydrogen (secondary N) is 1. The molecule has 2 aliphatic rings. The van der Waals surface area contributed by atoms with Gasteiger partial charge < -0.3 is 10.2 Å². The lowest BCUT2D eigenvalue weighted by Gasteiger charge is -2.44. The van der Waals surface area contributed by atoms with Crippen molar-refractivity contribution in [3.63, 3.8) is 0 Å². The average Bonchev–Trinajstić information content (AvgIpc) is 2.07. The second kappa shape index (κ2) is 3.35. The molecule has 1 N–H and O–H groups in total. The molecule has 0 saturated carbocycles. The summed E-state index contributed by atoms with van der Waals surface area (Å²) in [7, 11) is 2.26. The Hall–Kier alpha value is -0.0800. The Morgan fingerprint density at radius 2 is 2.25 bits per heavy atom. The summed E-state index contributed by atoms with van der Waals surface area (Å²) in [5, 5.41) is 3.65. The highest BCUT2D eigenvalue weighted by molar-refractivity contribution is 4.90. The third kappa shape index (κ3) is 1.50. The summed E-state index contributed by atoms with van der Waals surface area (Å²) in [6.45, 7) is 4.89. The molecule has 0 radical (unpaired) electrons. The van der Waals surface area contributed by atoms with Gasteiger partial charge in [-0.25, -0.2) is 0 Å². The van der Waals surface area contributed by atoms with Crippen LogP contribution in [-0.2, 0) is 0 Å². The van der Waals surface area contributed by atoms with Crippen molar-refractivity contribution in [3.8, 4) is 0 Å². The molecular weight excluding hydrogens is 148 g/mol. The average molecular weight is 168 g/mol. The number of hydrogen-bond donors (Lipinski definition) is 1. The molecule has 2 heterocycles. The van der Waals surface area contributed by atoms with Crippen LogP contribution in [0.1, 0.15) is 26.2 Å². The molecule has 0 amide bonds. The maximum Gasteiger partial charge on any atom is 0.0122 e. The zero-order valence-electron chi connectivity index (χ0n) is 8.21. The normalized spacial score (nSPS) is 44.0. The van der Waals surface area contributed by atoms with E-state index in [4.69, 9.17) is 0 Å². The van der Waals surface area contributed by atoms with Gasteiger partial charge in [0.1, 0.15) is 0 Å². The molecule has 3 unspecified atom stereocenters. The van der Waals surface area contributed by atoms with Crippen molar-refractivity contribution in [2.24, 2.45) is 5.92 Å². The molecule has 0 aromatic rings. The highest BCUT2D eigenvalue weighted by atomic mass is 15.2. The maximum atomic E-state index is 3.65. The van der Waals surface area contributed by atoms with Gasteiger partial charge >= 0.3 is 0 Å². The van der Waals surface area contributed by atoms with Crippen LogP contribution in [-0.4, -0.2) is 37.1 Å². The van der Waals surface area contributed by atoms with Crippen molar-refractivity contribution >= 4 is 0 Å². The minimum atomic E-state index is 0.775. The van der Waals surface area contributed by atoms with Crippen LogP contribution in [0.5, 0.6) is 0 Å². The van der Waals surface area contributed by atoms with E-state index in [9.17, 15) is 0 Å².